The molecule has 0 unspecified atom stereocenters. The quantitative estimate of drug-likeness (QED) is 0.810. The molecule has 0 spiro atoms. The van der Waals surface area contributed by atoms with Crippen LogP contribution >= 0.6 is 27.5 Å². The van der Waals surface area contributed by atoms with Crippen LogP contribution in [0.2, 0.25) is 5.15 Å². The summed E-state index contributed by atoms with van der Waals surface area (Å²) in [5.41, 5.74) is 1.70. The molecule has 0 aliphatic carbocycles. The van der Waals surface area contributed by atoms with Crippen molar-refractivity contribution in [3.63, 3.8) is 0 Å². The largest absolute Gasteiger partial charge is 0.358 e. The van der Waals surface area contributed by atoms with E-state index < -0.39 is 0 Å². The van der Waals surface area contributed by atoms with E-state index in [0.29, 0.717) is 11.6 Å². The number of nitrogens with zero attached hydrogens (tertiary/aromatic N) is 2. The highest BCUT2D eigenvalue weighted by Crippen LogP contribution is 2.30. The molecule has 3 nitrogen and oxygen atoms in total. The highest BCUT2D eigenvalue weighted by molar-refractivity contribution is 9.10. The van der Waals surface area contributed by atoms with Crippen LogP contribution in [0.3, 0.4) is 0 Å². The number of nitrogens with one attached hydrogen (secondary N) is 1. The molecule has 0 amide bonds. The van der Waals surface area contributed by atoms with Crippen molar-refractivity contribution in [1.29, 1.82) is 5.26 Å². The van der Waals surface area contributed by atoms with E-state index in [1.54, 1.807) is 12.4 Å². The van der Waals surface area contributed by atoms with Gasteiger partial charge in [0.25, 0.3) is 0 Å². The van der Waals surface area contributed by atoms with Crippen LogP contribution in [0.25, 0.3) is 10.9 Å². The van der Waals surface area contributed by atoms with Crippen LogP contribution in [0.5, 0.6) is 0 Å². The normalized spacial score (nSPS) is 10.4. The molecule has 2 aromatic rings. The molecule has 2 aromatic heterocycles. The summed E-state index contributed by atoms with van der Waals surface area (Å²) in [5, 5.41) is 9.99. The van der Waals surface area contributed by atoms with E-state index in [0.717, 1.165) is 20.9 Å². The number of hydrogen-bond donors (Lipinski definition) is 1. The summed E-state index contributed by atoms with van der Waals surface area (Å²) >= 11 is 9.28. The van der Waals surface area contributed by atoms with Crippen LogP contribution in [0.4, 0.5) is 0 Å². The summed E-state index contributed by atoms with van der Waals surface area (Å²) in [6, 6.07) is 2.10. The Morgan fingerprint density at radius 3 is 3.14 bits per heavy atom. The number of rotatable bonds is 1. The number of nitriles is 1. The molecule has 0 aliphatic rings. The lowest BCUT2D eigenvalue weighted by Gasteiger charge is -1.97. The molecule has 2 heterocycles. The minimum atomic E-state index is 0.360. The standard InChI is InChI=1S/C9H5BrClN3/c10-6-4-14-9(11)8-7(6)5(1-2-12)3-13-8/h3-4,13H,1H2. The van der Waals surface area contributed by atoms with Gasteiger partial charge in [0.15, 0.2) is 5.15 Å². The van der Waals surface area contributed by atoms with Crippen LogP contribution in [-0.2, 0) is 6.42 Å². The van der Waals surface area contributed by atoms with E-state index in [1.807, 2.05) is 0 Å². The van der Waals surface area contributed by atoms with Crippen molar-refractivity contribution in [2.45, 2.75) is 6.42 Å². The molecule has 2 rings (SSSR count). The van der Waals surface area contributed by atoms with Crippen molar-refractivity contribution in [3.8, 4) is 6.07 Å². The zero-order valence-corrected chi connectivity index (χ0v) is 9.35. The Balaban J connectivity index is 2.78. The smallest absolute Gasteiger partial charge is 0.153 e. The van der Waals surface area contributed by atoms with Crippen molar-refractivity contribution >= 4 is 38.4 Å². The average molecular weight is 271 g/mol. The summed E-state index contributed by atoms with van der Waals surface area (Å²) < 4.78 is 0.850. The zero-order chi connectivity index (χ0) is 10.1. The van der Waals surface area contributed by atoms with Crippen molar-refractivity contribution in [3.05, 3.63) is 27.6 Å². The Labute approximate surface area is 93.8 Å². The number of fused-ring (bicyclic) bond motifs is 1. The Morgan fingerprint density at radius 1 is 1.64 bits per heavy atom. The van der Waals surface area contributed by atoms with E-state index in [1.165, 1.54) is 0 Å². The third-order valence-electron chi connectivity index (χ3n) is 1.97. The summed E-state index contributed by atoms with van der Waals surface area (Å²) in [6.45, 7) is 0. The number of halogens is 2. The minimum Gasteiger partial charge on any atom is -0.358 e. The highest BCUT2D eigenvalue weighted by Gasteiger charge is 2.10. The first kappa shape index (κ1) is 9.50. The first-order valence-corrected chi connectivity index (χ1v) is 5.08. The van der Waals surface area contributed by atoms with E-state index in [4.69, 9.17) is 16.9 Å². The first-order chi connectivity index (χ1) is 6.74. The second-order valence-corrected chi connectivity index (χ2v) is 4.01. The molecule has 0 bridgehead atoms. The molecular weight excluding hydrogens is 265 g/mol. The molecular formula is C9H5BrClN3. The molecule has 0 radical (unpaired) electrons. The monoisotopic (exact) mass is 269 g/mol. The molecule has 14 heavy (non-hydrogen) atoms. The molecule has 0 saturated heterocycles. The van der Waals surface area contributed by atoms with Gasteiger partial charge in [0.1, 0.15) is 0 Å². The number of hydrogen-bond acceptors (Lipinski definition) is 2. The molecule has 0 aliphatic heterocycles. The van der Waals surface area contributed by atoms with Gasteiger partial charge in [-0.25, -0.2) is 4.98 Å². The van der Waals surface area contributed by atoms with Gasteiger partial charge in [-0.2, -0.15) is 5.26 Å². The summed E-state index contributed by atoms with van der Waals surface area (Å²) in [4.78, 5) is 6.99. The summed E-state index contributed by atoms with van der Waals surface area (Å²) in [7, 11) is 0. The second-order valence-electron chi connectivity index (χ2n) is 2.80. The molecule has 70 valence electrons. The first-order valence-electron chi connectivity index (χ1n) is 3.91. The van der Waals surface area contributed by atoms with Gasteiger partial charge in [0.05, 0.1) is 18.0 Å². The SMILES string of the molecule is N#CCc1c[nH]c2c(Cl)ncc(Br)c12. The van der Waals surface area contributed by atoms with Crippen molar-refractivity contribution < 1.29 is 0 Å². The molecule has 1 N–H and O–H groups in total. The van der Waals surface area contributed by atoms with Gasteiger partial charge in [-0.1, -0.05) is 11.6 Å². The van der Waals surface area contributed by atoms with Crippen LogP contribution in [0, 0.1) is 11.3 Å². The third kappa shape index (κ3) is 1.39. The minimum absolute atomic E-state index is 0.360. The molecule has 0 atom stereocenters. The lowest BCUT2D eigenvalue weighted by atomic mass is 10.2. The number of aromatic nitrogens is 2. The number of aromatic amines is 1. The summed E-state index contributed by atoms with van der Waals surface area (Å²) in [6.07, 6.45) is 3.78. The lowest BCUT2D eigenvalue weighted by molar-refractivity contribution is 1.27. The van der Waals surface area contributed by atoms with Gasteiger partial charge in [0.2, 0.25) is 0 Å². The van der Waals surface area contributed by atoms with Crippen LogP contribution in [0.15, 0.2) is 16.9 Å². The van der Waals surface area contributed by atoms with Crippen molar-refractivity contribution in [1.82, 2.24) is 9.97 Å². The van der Waals surface area contributed by atoms with Crippen molar-refractivity contribution in [2.75, 3.05) is 0 Å². The van der Waals surface area contributed by atoms with Crippen LogP contribution in [-0.4, -0.2) is 9.97 Å². The van der Waals surface area contributed by atoms with Crippen molar-refractivity contribution in [2.24, 2.45) is 0 Å². The van der Waals surface area contributed by atoms with Gasteiger partial charge in [-0.05, 0) is 21.5 Å². The third-order valence-corrected chi connectivity index (χ3v) is 2.86. The molecule has 0 fully saturated rings. The fraction of sp³-hybridized carbons (Fsp3) is 0.111. The predicted molar refractivity (Wildman–Crippen MR) is 58.1 cm³/mol. The van der Waals surface area contributed by atoms with Gasteiger partial charge in [-0.3, -0.25) is 0 Å². The second kappa shape index (κ2) is 3.60. The Kier molecular flexibility index (Phi) is 2.44. The molecule has 5 heteroatoms. The maximum absolute atomic E-state index is 8.63. The Hall–Kier alpha value is -1.05. The topological polar surface area (TPSA) is 52.5 Å². The summed E-state index contributed by atoms with van der Waals surface area (Å²) in [5.74, 6) is 0. The van der Waals surface area contributed by atoms with Crippen LogP contribution < -0.4 is 0 Å². The average Bonchev–Trinajstić information content (AvgIpc) is 2.58. The predicted octanol–water partition coefficient (Wildman–Crippen LogP) is 3.04. The molecule has 0 saturated carbocycles. The van der Waals surface area contributed by atoms with Gasteiger partial charge in [-0.15, -0.1) is 0 Å². The van der Waals surface area contributed by atoms with Gasteiger partial charge >= 0.3 is 0 Å². The maximum Gasteiger partial charge on any atom is 0.153 e. The van der Waals surface area contributed by atoms with Gasteiger partial charge in [0, 0.05) is 22.3 Å². The lowest BCUT2D eigenvalue weighted by Crippen LogP contribution is -1.82. The molecule has 0 aromatic carbocycles. The fourth-order valence-electron chi connectivity index (χ4n) is 1.37. The Bertz CT molecular complexity index is 527. The number of H-pyrrole nitrogens is 1. The Morgan fingerprint density at radius 2 is 2.43 bits per heavy atom. The van der Waals surface area contributed by atoms with E-state index in [-0.39, 0.29) is 0 Å². The van der Waals surface area contributed by atoms with E-state index in [9.17, 15) is 0 Å². The highest BCUT2D eigenvalue weighted by atomic mass is 79.9. The van der Waals surface area contributed by atoms with Crippen LogP contribution in [0.1, 0.15) is 5.56 Å². The van der Waals surface area contributed by atoms with Gasteiger partial charge < -0.3 is 4.98 Å². The fourth-order valence-corrected chi connectivity index (χ4v) is 2.12. The van der Waals surface area contributed by atoms with E-state index in [2.05, 4.69) is 32.0 Å². The van der Waals surface area contributed by atoms with E-state index >= 15 is 0 Å². The maximum atomic E-state index is 8.63. The zero-order valence-electron chi connectivity index (χ0n) is 7.01. The number of pyridine rings is 1.